The molecule has 2 aliphatic rings. The molecule has 3 unspecified atom stereocenters. The predicted octanol–water partition coefficient (Wildman–Crippen LogP) is 2.99. The van der Waals surface area contributed by atoms with E-state index < -0.39 is 0 Å². The molecular formula is C17H26N2O. The van der Waals surface area contributed by atoms with Gasteiger partial charge in [-0.3, -0.25) is 9.88 Å². The van der Waals surface area contributed by atoms with E-state index in [9.17, 15) is 5.11 Å². The molecule has 0 spiro atoms. The van der Waals surface area contributed by atoms with Gasteiger partial charge in [0.05, 0.1) is 11.8 Å². The van der Waals surface area contributed by atoms with Gasteiger partial charge in [0.2, 0.25) is 0 Å². The molecule has 20 heavy (non-hydrogen) atoms. The van der Waals surface area contributed by atoms with Crippen LogP contribution >= 0.6 is 0 Å². The second kappa shape index (κ2) is 6.68. The molecule has 2 heterocycles. The first kappa shape index (κ1) is 14.0. The van der Waals surface area contributed by atoms with Crippen LogP contribution in [0.3, 0.4) is 0 Å². The van der Waals surface area contributed by atoms with E-state index in [1.54, 1.807) is 0 Å². The van der Waals surface area contributed by atoms with Crippen LogP contribution in [-0.4, -0.2) is 33.7 Å². The number of aliphatic hydroxyl groups is 1. The van der Waals surface area contributed by atoms with Gasteiger partial charge in [-0.1, -0.05) is 25.3 Å². The average Bonchev–Trinajstić information content (AvgIpc) is 2.50. The lowest BCUT2D eigenvalue weighted by atomic mass is 9.78. The van der Waals surface area contributed by atoms with Crippen molar-refractivity contribution in [1.82, 2.24) is 9.88 Å². The van der Waals surface area contributed by atoms with Gasteiger partial charge in [0.15, 0.2) is 0 Å². The normalized spacial score (nSPS) is 32.1. The Kier molecular flexibility index (Phi) is 4.69. The fourth-order valence-electron chi connectivity index (χ4n) is 3.99. The molecule has 110 valence electrons. The minimum absolute atomic E-state index is 0.0851. The summed E-state index contributed by atoms with van der Waals surface area (Å²) in [6.07, 6.45) is 10.3. The van der Waals surface area contributed by atoms with Crippen molar-refractivity contribution < 1.29 is 5.11 Å². The van der Waals surface area contributed by atoms with Crippen LogP contribution in [0, 0.1) is 5.92 Å². The van der Waals surface area contributed by atoms with Crippen molar-refractivity contribution in [2.75, 3.05) is 6.54 Å². The molecule has 1 aliphatic heterocycles. The van der Waals surface area contributed by atoms with Gasteiger partial charge in [-0.25, -0.2) is 0 Å². The molecule has 1 aliphatic carbocycles. The molecular weight excluding hydrogens is 248 g/mol. The van der Waals surface area contributed by atoms with Gasteiger partial charge in [0.25, 0.3) is 0 Å². The van der Waals surface area contributed by atoms with E-state index in [0.29, 0.717) is 12.0 Å². The molecule has 0 bridgehead atoms. The summed E-state index contributed by atoms with van der Waals surface area (Å²) in [7, 11) is 0. The highest BCUT2D eigenvalue weighted by molar-refractivity contribution is 5.04. The number of nitrogens with zero attached hydrogens (tertiary/aromatic N) is 2. The molecule has 0 radical (unpaired) electrons. The standard InChI is InChI=1S/C17H26N2O/c20-17-10-2-1-8-15(17)16-9-4-6-12-19(16)13-14-7-3-5-11-18-14/h3,5,7,11,15-17,20H,1-2,4,6,8-10,12-13H2. The maximum absolute atomic E-state index is 10.4. The molecule has 1 aromatic heterocycles. The van der Waals surface area contributed by atoms with Crippen LogP contribution in [0.2, 0.25) is 0 Å². The number of piperidine rings is 1. The Hall–Kier alpha value is -0.930. The number of likely N-dealkylation sites (tertiary alicyclic amines) is 1. The van der Waals surface area contributed by atoms with E-state index in [-0.39, 0.29) is 6.10 Å². The number of hydrogen-bond acceptors (Lipinski definition) is 3. The Labute approximate surface area is 122 Å². The molecule has 1 saturated carbocycles. The smallest absolute Gasteiger partial charge is 0.0583 e. The fraction of sp³-hybridized carbons (Fsp3) is 0.706. The minimum Gasteiger partial charge on any atom is -0.393 e. The summed E-state index contributed by atoms with van der Waals surface area (Å²) in [4.78, 5) is 7.04. The van der Waals surface area contributed by atoms with Gasteiger partial charge < -0.3 is 5.11 Å². The van der Waals surface area contributed by atoms with Crippen LogP contribution in [-0.2, 0) is 6.54 Å². The molecule has 2 fully saturated rings. The van der Waals surface area contributed by atoms with Gasteiger partial charge in [-0.2, -0.15) is 0 Å². The average molecular weight is 274 g/mol. The van der Waals surface area contributed by atoms with Crippen LogP contribution < -0.4 is 0 Å². The van der Waals surface area contributed by atoms with E-state index in [4.69, 9.17) is 0 Å². The topological polar surface area (TPSA) is 36.4 Å². The number of aromatic nitrogens is 1. The monoisotopic (exact) mass is 274 g/mol. The zero-order chi connectivity index (χ0) is 13.8. The number of hydrogen-bond donors (Lipinski definition) is 1. The number of rotatable bonds is 3. The maximum atomic E-state index is 10.4. The molecule has 3 rings (SSSR count). The Bertz CT molecular complexity index is 409. The van der Waals surface area contributed by atoms with Gasteiger partial charge in [-0.15, -0.1) is 0 Å². The molecule has 3 nitrogen and oxygen atoms in total. The van der Waals surface area contributed by atoms with Gasteiger partial charge in [-0.05, 0) is 44.4 Å². The quantitative estimate of drug-likeness (QED) is 0.920. The van der Waals surface area contributed by atoms with Crippen LogP contribution in [0.5, 0.6) is 0 Å². The van der Waals surface area contributed by atoms with Crippen LogP contribution in [0.15, 0.2) is 24.4 Å². The lowest BCUT2D eigenvalue weighted by molar-refractivity contribution is -0.00901. The van der Waals surface area contributed by atoms with Crippen LogP contribution in [0.1, 0.15) is 50.6 Å². The minimum atomic E-state index is -0.0851. The Morgan fingerprint density at radius 1 is 1.10 bits per heavy atom. The van der Waals surface area contributed by atoms with E-state index >= 15 is 0 Å². The van der Waals surface area contributed by atoms with Gasteiger partial charge in [0.1, 0.15) is 0 Å². The summed E-state index contributed by atoms with van der Waals surface area (Å²) in [5.41, 5.74) is 1.16. The maximum Gasteiger partial charge on any atom is 0.0583 e. The summed E-state index contributed by atoms with van der Waals surface area (Å²) >= 11 is 0. The van der Waals surface area contributed by atoms with Crippen molar-refractivity contribution in [3.05, 3.63) is 30.1 Å². The highest BCUT2D eigenvalue weighted by Gasteiger charge is 2.35. The Balaban J connectivity index is 1.70. The molecule has 1 saturated heterocycles. The molecule has 0 amide bonds. The first-order chi connectivity index (χ1) is 9.84. The van der Waals surface area contributed by atoms with E-state index in [0.717, 1.165) is 25.2 Å². The lowest BCUT2D eigenvalue weighted by Gasteiger charge is -2.43. The summed E-state index contributed by atoms with van der Waals surface area (Å²) in [5.74, 6) is 0.479. The van der Waals surface area contributed by atoms with E-state index in [1.165, 1.54) is 38.5 Å². The fourth-order valence-corrected chi connectivity index (χ4v) is 3.99. The highest BCUT2D eigenvalue weighted by Crippen LogP contribution is 2.34. The third kappa shape index (κ3) is 3.21. The molecule has 3 heteroatoms. The van der Waals surface area contributed by atoms with Gasteiger partial charge >= 0.3 is 0 Å². The third-order valence-corrected chi connectivity index (χ3v) is 5.03. The summed E-state index contributed by atoms with van der Waals surface area (Å²) in [6, 6.07) is 6.71. The van der Waals surface area contributed by atoms with Crippen molar-refractivity contribution in [1.29, 1.82) is 0 Å². The highest BCUT2D eigenvalue weighted by atomic mass is 16.3. The predicted molar refractivity (Wildman–Crippen MR) is 80.3 cm³/mol. The van der Waals surface area contributed by atoms with Crippen molar-refractivity contribution in [2.24, 2.45) is 5.92 Å². The lowest BCUT2D eigenvalue weighted by Crippen LogP contribution is -2.48. The zero-order valence-corrected chi connectivity index (χ0v) is 12.2. The second-order valence-electron chi connectivity index (χ2n) is 6.37. The largest absolute Gasteiger partial charge is 0.393 e. The Morgan fingerprint density at radius 3 is 2.75 bits per heavy atom. The molecule has 0 aromatic carbocycles. The van der Waals surface area contributed by atoms with E-state index in [2.05, 4.69) is 22.0 Å². The molecule has 3 atom stereocenters. The molecule has 1 N–H and O–H groups in total. The van der Waals surface area contributed by atoms with Crippen molar-refractivity contribution in [2.45, 2.75) is 63.6 Å². The second-order valence-corrected chi connectivity index (χ2v) is 6.37. The summed E-state index contributed by atoms with van der Waals surface area (Å²) in [5, 5.41) is 10.4. The van der Waals surface area contributed by atoms with E-state index in [1.807, 2.05) is 12.3 Å². The summed E-state index contributed by atoms with van der Waals surface area (Å²) in [6.45, 7) is 2.10. The first-order valence-electron chi connectivity index (χ1n) is 8.16. The zero-order valence-electron chi connectivity index (χ0n) is 12.2. The van der Waals surface area contributed by atoms with Crippen LogP contribution in [0.25, 0.3) is 0 Å². The number of aliphatic hydroxyl groups excluding tert-OH is 1. The number of pyridine rings is 1. The van der Waals surface area contributed by atoms with Crippen LogP contribution in [0.4, 0.5) is 0 Å². The van der Waals surface area contributed by atoms with Gasteiger partial charge in [0, 0.05) is 24.7 Å². The Morgan fingerprint density at radius 2 is 1.95 bits per heavy atom. The summed E-state index contributed by atoms with van der Waals surface area (Å²) < 4.78 is 0. The third-order valence-electron chi connectivity index (χ3n) is 5.03. The van der Waals surface area contributed by atoms with Crippen molar-refractivity contribution in [3.63, 3.8) is 0 Å². The van der Waals surface area contributed by atoms with Crippen molar-refractivity contribution >= 4 is 0 Å². The molecule has 1 aromatic rings. The van der Waals surface area contributed by atoms with Crippen molar-refractivity contribution in [3.8, 4) is 0 Å². The first-order valence-corrected chi connectivity index (χ1v) is 8.16. The SMILES string of the molecule is OC1CCCCC1C1CCCCN1Cc1ccccn1.